The van der Waals surface area contributed by atoms with Gasteiger partial charge in [0, 0.05) is 6.07 Å². The van der Waals surface area contributed by atoms with Gasteiger partial charge in [0.2, 0.25) is 10.0 Å². The van der Waals surface area contributed by atoms with Gasteiger partial charge in [-0.05, 0) is 25.4 Å². The third kappa shape index (κ3) is 5.62. The smallest absolute Gasteiger partial charge is 0.321 e. The van der Waals surface area contributed by atoms with Crippen molar-refractivity contribution < 1.29 is 22.8 Å². The Kier molecular flexibility index (Phi) is 5.83. The normalized spacial score (nSPS) is 13.4. The van der Waals surface area contributed by atoms with Crippen LogP contribution in [0.1, 0.15) is 17.9 Å². The lowest BCUT2D eigenvalue weighted by atomic mass is 10.2. The maximum absolute atomic E-state index is 11.8. The van der Waals surface area contributed by atoms with Crippen LogP contribution in [0.5, 0.6) is 0 Å². The van der Waals surface area contributed by atoms with Crippen LogP contribution >= 0.6 is 11.8 Å². The second-order valence-corrected chi connectivity index (χ2v) is 6.72. The van der Waals surface area contributed by atoms with Gasteiger partial charge < -0.3 is 9.63 Å². The Labute approximate surface area is 115 Å². The number of sulfonamides is 1. The highest BCUT2D eigenvalue weighted by molar-refractivity contribution is 7.98. The molecule has 19 heavy (non-hydrogen) atoms. The van der Waals surface area contributed by atoms with E-state index in [1.165, 1.54) is 17.8 Å². The Hall–Kier alpha value is -1.06. The zero-order valence-electron chi connectivity index (χ0n) is 10.6. The summed E-state index contributed by atoms with van der Waals surface area (Å²) < 4.78 is 30.6. The molecule has 0 radical (unpaired) electrons. The van der Waals surface area contributed by atoms with Crippen LogP contribution in [0.3, 0.4) is 0 Å². The maximum Gasteiger partial charge on any atom is 0.321 e. The summed E-state index contributed by atoms with van der Waals surface area (Å²) in [5.41, 5.74) is 0.249. The molecule has 0 amide bonds. The van der Waals surface area contributed by atoms with E-state index in [-0.39, 0.29) is 12.1 Å². The van der Waals surface area contributed by atoms with Crippen LogP contribution in [0.2, 0.25) is 0 Å². The molecule has 2 N–H and O–H groups in total. The molecule has 0 bridgehead atoms. The van der Waals surface area contributed by atoms with Crippen LogP contribution in [-0.2, 0) is 20.6 Å². The van der Waals surface area contributed by atoms with E-state index in [9.17, 15) is 13.2 Å². The van der Waals surface area contributed by atoms with Crippen LogP contribution in [-0.4, -0.2) is 42.7 Å². The molecule has 0 fully saturated rings. The predicted molar refractivity (Wildman–Crippen MR) is 71.4 cm³/mol. The molecule has 0 saturated carbocycles. The van der Waals surface area contributed by atoms with Gasteiger partial charge in [0.1, 0.15) is 23.2 Å². The quantitative estimate of drug-likeness (QED) is 0.724. The fourth-order valence-corrected chi connectivity index (χ4v) is 3.14. The summed E-state index contributed by atoms with van der Waals surface area (Å²) in [5, 5.41) is 12.5. The molecule has 0 aliphatic carbocycles. The molecule has 1 aromatic rings. The molecule has 0 saturated heterocycles. The number of rotatable bonds is 8. The minimum absolute atomic E-state index is 0.230. The number of carbonyl (C=O) groups is 1. The number of aliphatic carboxylic acids is 1. The summed E-state index contributed by atoms with van der Waals surface area (Å²) in [6.45, 7) is 1.65. The Bertz CT molecular complexity index is 526. The van der Waals surface area contributed by atoms with Gasteiger partial charge in [0.25, 0.3) is 0 Å². The van der Waals surface area contributed by atoms with E-state index in [1.807, 2.05) is 6.26 Å². The van der Waals surface area contributed by atoms with Crippen molar-refractivity contribution in [3.63, 3.8) is 0 Å². The van der Waals surface area contributed by atoms with E-state index in [0.29, 0.717) is 11.5 Å². The lowest BCUT2D eigenvalue weighted by Gasteiger charge is -2.13. The van der Waals surface area contributed by atoms with E-state index in [0.717, 1.165) is 0 Å². The van der Waals surface area contributed by atoms with Crippen LogP contribution in [0.4, 0.5) is 0 Å². The molecule has 0 aliphatic heterocycles. The van der Waals surface area contributed by atoms with Crippen molar-refractivity contribution in [3.8, 4) is 0 Å². The van der Waals surface area contributed by atoms with Gasteiger partial charge in [-0.3, -0.25) is 4.79 Å². The maximum atomic E-state index is 11.8. The Morgan fingerprint density at radius 3 is 2.79 bits per heavy atom. The number of aromatic nitrogens is 1. The highest BCUT2D eigenvalue weighted by Gasteiger charge is 2.24. The molecular weight excluding hydrogens is 292 g/mol. The van der Waals surface area contributed by atoms with Crippen molar-refractivity contribution in [2.45, 2.75) is 25.1 Å². The van der Waals surface area contributed by atoms with E-state index < -0.39 is 27.8 Å². The highest BCUT2D eigenvalue weighted by Crippen LogP contribution is 2.08. The summed E-state index contributed by atoms with van der Waals surface area (Å²) in [5.74, 6) is -0.521. The number of carboxylic acids is 1. The zero-order chi connectivity index (χ0) is 14.5. The van der Waals surface area contributed by atoms with Gasteiger partial charge in [-0.2, -0.15) is 11.8 Å². The molecule has 0 unspecified atom stereocenters. The summed E-state index contributed by atoms with van der Waals surface area (Å²) in [7, 11) is -3.76. The van der Waals surface area contributed by atoms with Crippen LogP contribution < -0.4 is 4.72 Å². The molecule has 1 atom stereocenters. The molecule has 0 aliphatic rings. The number of thioether (sulfide) groups is 1. The summed E-state index contributed by atoms with van der Waals surface area (Å²) in [6.07, 6.45) is 2.05. The third-order valence-corrected chi connectivity index (χ3v) is 4.21. The predicted octanol–water partition coefficient (Wildman–Crippen LogP) is 0.609. The van der Waals surface area contributed by atoms with Gasteiger partial charge in [0.15, 0.2) is 0 Å². The monoisotopic (exact) mass is 308 g/mol. The number of aryl methyl sites for hydroxylation is 1. The highest BCUT2D eigenvalue weighted by atomic mass is 32.2. The van der Waals surface area contributed by atoms with Crippen LogP contribution in [0.25, 0.3) is 0 Å². The molecule has 1 aromatic heterocycles. The van der Waals surface area contributed by atoms with Gasteiger partial charge in [-0.15, -0.1) is 0 Å². The average Bonchev–Trinajstić information content (AvgIpc) is 2.68. The van der Waals surface area contributed by atoms with Crippen molar-refractivity contribution >= 4 is 27.8 Å². The van der Waals surface area contributed by atoms with Crippen molar-refractivity contribution in [2.75, 3.05) is 12.0 Å². The average molecular weight is 308 g/mol. The number of carboxylic acid groups (broad SMARTS) is 1. The first kappa shape index (κ1) is 16.0. The van der Waals surface area contributed by atoms with E-state index >= 15 is 0 Å². The second-order valence-electron chi connectivity index (χ2n) is 3.98. The number of hydrogen-bond donors (Lipinski definition) is 2. The lowest BCUT2D eigenvalue weighted by molar-refractivity contribution is -0.139. The molecule has 108 valence electrons. The fraction of sp³-hybridized carbons (Fsp3) is 0.600. The van der Waals surface area contributed by atoms with Gasteiger partial charge in [0.05, 0.1) is 0 Å². The van der Waals surface area contributed by atoms with Gasteiger partial charge in [-0.1, -0.05) is 5.16 Å². The topological polar surface area (TPSA) is 110 Å². The zero-order valence-corrected chi connectivity index (χ0v) is 12.3. The van der Waals surface area contributed by atoms with E-state index in [2.05, 4.69) is 9.88 Å². The largest absolute Gasteiger partial charge is 0.480 e. The molecule has 7 nitrogen and oxygen atoms in total. The number of nitrogens with zero attached hydrogens (tertiary/aromatic N) is 1. The summed E-state index contributed by atoms with van der Waals surface area (Å²) >= 11 is 1.46. The Morgan fingerprint density at radius 1 is 1.63 bits per heavy atom. The van der Waals surface area contributed by atoms with E-state index in [4.69, 9.17) is 9.63 Å². The first-order valence-corrected chi connectivity index (χ1v) is 8.52. The number of nitrogens with one attached hydrogen (secondary N) is 1. The SMILES string of the molecule is CSCC[C@@H](NS(=O)(=O)Cc1cc(C)on1)C(=O)O. The first-order valence-electron chi connectivity index (χ1n) is 5.48. The minimum atomic E-state index is -3.76. The fourth-order valence-electron chi connectivity index (χ4n) is 1.41. The molecular formula is C10H16N2O5S2. The molecule has 9 heteroatoms. The number of hydrogen-bond acceptors (Lipinski definition) is 6. The van der Waals surface area contributed by atoms with Crippen LogP contribution in [0.15, 0.2) is 10.6 Å². The van der Waals surface area contributed by atoms with Crippen LogP contribution in [0, 0.1) is 6.92 Å². The standard InChI is InChI=1S/C10H16N2O5S2/c1-7-5-8(11-17-7)6-19(15,16)12-9(10(13)14)3-4-18-2/h5,9,12H,3-4,6H2,1-2H3,(H,13,14)/t9-/m1/s1. The van der Waals surface area contributed by atoms with Crippen molar-refractivity contribution in [1.29, 1.82) is 0 Å². The van der Waals surface area contributed by atoms with Crippen molar-refractivity contribution in [2.24, 2.45) is 0 Å². The minimum Gasteiger partial charge on any atom is -0.480 e. The van der Waals surface area contributed by atoms with Gasteiger partial charge in [-0.25, -0.2) is 13.1 Å². The third-order valence-electron chi connectivity index (χ3n) is 2.25. The Morgan fingerprint density at radius 2 is 2.32 bits per heavy atom. The van der Waals surface area contributed by atoms with E-state index in [1.54, 1.807) is 6.92 Å². The summed E-state index contributed by atoms with van der Waals surface area (Å²) in [6, 6.07) is 0.377. The lowest BCUT2D eigenvalue weighted by Crippen LogP contribution is -2.41. The van der Waals surface area contributed by atoms with Crippen molar-refractivity contribution in [3.05, 3.63) is 17.5 Å². The molecule has 0 aromatic carbocycles. The summed E-state index contributed by atoms with van der Waals surface area (Å²) in [4.78, 5) is 11.0. The van der Waals surface area contributed by atoms with Crippen molar-refractivity contribution in [1.82, 2.24) is 9.88 Å². The molecule has 1 rings (SSSR count). The molecule has 0 spiro atoms. The first-order chi connectivity index (χ1) is 8.84. The molecule has 1 heterocycles. The van der Waals surface area contributed by atoms with Gasteiger partial charge >= 0.3 is 5.97 Å². The Balaban J connectivity index is 2.68. The second kappa shape index (κ2) is 6.92.